The van der Waals surface area contributed by atoms with Crippen molar-refractivity contribution in [3.05, 3.63) is 56.8 Å². The van der Waals surface area contributed by atoms with Crippen molar-refractivity contribution in [2.75, 3.05) is 0 Å². The van der Waals surface area contributed by atoms with E-state index in [9.17, 15) is 9.59 Å². The minimum atomic E-state index is -1.32. The zero-order valence-corrected chi connectivity index (χ0v) is 13.7. The molecule has 2 aliphatic carbocycles. The smallest absolute Gasteiger partial charge is 0.372 e. The molecule has 2 aliphatic rings. The Morgan fingerprint density at radius 2 is 2.00 bits per heavy atom. The molecule has 0 saturated heterocycles. The van der Waals surface area contributed by atoms with Crippen LogP contribution in [-0.4, -0.2) is 16.9 Å². The largest absolute Gasteiger partial charge is 0.475 e. The van der Waals surface area contributed by atoms with Gasteiger partial charge in [0.15, 0.2) is 11.4 Å². The van der Waals surface area contributed by atoms with Gasteiger partial charge in [0.2, 0.25) is 5.76 Å². The summed E-state index contributed by atoms with van der Waals surface area (Å²) in [5.41, 5.74) is 3.26. The molecule has 0 saturated carbocycles. The van der Waals surface area contributed by atoms with Gasteiger partial charge in [-0.05, 0) is 43.0 Å². The number of hydrogen-bond donors (Lipinski definition) is 1. The highest BCUT2D eigenvalue weighted by atomic mass is 35.5. The zero-order valence-electron chi connectivity index (χ0n) is 12.2. The minimum absolute atomic E-state index is 0.00562. The first-order chi connectivity index (χ1) is 10.9. The summed E-state index contributed by atoms with van der Waals surface area (Å²) in [5.74, 6) is -2.14. The van der Waals surface area contributed by atoms with E-state index >= 15 is 0 Å². The van der Waals surface area contributed by atoms with E-state index in [2.05, 4.69) is 12.2 Å². The number of ketones is 1. The van der Waals surface area contributed by atoms with Gasteiger partial charge in [-0.2, -0.15) is 0 Å². The molecular weight excluding hydrogens is 339 g/mol. The molecule has 2 aromatic rings. The predicted molar refractivity (Wildman–Crippen MR) is 88.6 cm³/mol. The van der Waals surface area contributed by atoms with Gasteiger partial charge in [0.25, 0.3) is 0 Å². The number of carboxylic acids is 1. The Hall–Kier alpha value is -2.04. The van der Waals surface area contributed by atoms with E-state index in [1.807, 2.05) is 0 Å². The average Bonchev–Trinajstić information content (AvgIpc) is 2.95. The maximum Gasteiger partial charge on any atom is 0.372 e. The van der Waals surface area contributed by atoms with Crippen LogP contribution in [0, 0.1) is 0 Å². The van der Waals surface area contributed by atoms with Crippen molar-refractivity contribution in [1.82, 2.24) is 0 Å². The minimum Gasteiger partial charge on any atom is -0.475 e. The summed E-state index contributed by atoms with van der Waals surface area (Å²) in [6.07, 6.45) is 7.19. The molecule has 0 bridgehead atoms. The number of furan rings is 1. The summed E-state index contributed by atoms with van der Waals surface area (Å²) in [7, 11) is 0. The average molecular weight is 351 g/mol. The van der Waals surface area contributed by atoms with Gasteiger partial charge in [-0.1, -0.05) is 35.4 Å². The van der Waals surface area contributed by atoms with Crippen molar-refractivity contribution in [2.45, 2.75) is 19.8 Å². The lowest BCUT2D eigenvalue weighted by Crippen LogP contribution is -2.02. The Morgan fingerprint density at radius 3 is 2.43 bits per heavy atom. The van der Waals surface area contributed by atoms with Crippen molar-refractivity contribution < 1.29 is 19.1 Å². The maximum atomic E-state index is 11.4. The molecular formula is C17H12Cl2O4. The molecule has 4 nitrogen and oxygen atoms in total. The van der Waals surface area contributed by atoms with Crippen LogP contribution in [0.25, 0.3) is 11.0 Å². The van der Waals surface area contributed by atoms with E-state index in [-0.39, 0.29) is 21.2 Å². The number of allylic oxidation sites excluding steroid dienone is 4. The molecule has 0 spiro atoms. The van der Waals surface area contributed by atoms with Gasteiger partial charge in [-0.15, -0.1) is 0 Å². The normalized spacial score (nSPS) is 14.6. The third-order valence-electron chi connectivity index (χ3n) is 3.69. The van der Waals surface area contributed by atoms with Crippen LogP contribution in [-0.2, 0) is 0 Å². The van der Waals surface area contributed by atoms with E-state index in [1.165, 1.54) is 37.5 Å². The number of fused-ring (bicyclic) bond motifs is 2. The number of carbonyl (C=O) groups excluding carboxylic acids is 1. The molecule has 1 heterocycles. The van der Waals surface area contributed by atoms with Crippen LogP contribution in [0.5, 0.6) is 0 Å². The number of carbonyl (C=O) groups is 2. The number of carboxylic acid groups (broad SMARTS) is 1. The fourth-order valence-corrected chi connectivity index (χ4v) is 2.90. The Labute approximate surface area is 142 Å². The number of rotatable bonds is 2. The zero-order chi connectivity index (χ0) is 16.7. The molecule has 1 aromatic heterocycles. The summed E-state index contributed by atoms with van der Waals surface area (Å²) >= 11 is 11.7. The molecule has 4 rings (SSSR count). The van der Waals surface area contributed by atoms with Crippen LogP contribution < -0.4 is 0 Å². The van der Waals surface area contributed by atoms with Crippen molar-refractivity contribution in [3.8, 4) is 0 Å². The highest BCUT2D eigenvalue weighted by Crippen LogP contribution is 2.38. The molecule has 6 heteroatoms. The van der Waals surface area contributed by atoms with Crippen molar-refractivity contribution in [3.63, 3.8) is 0 Å². The van der Waals surface area contributed by atoms with E-state index in [0.717, 1.165) is 0 Å². The highest BCUT2D eigenvalue weighted by molar-refractivity contribution is 6.45. The first-order valence-corrected chi connectivity index (χ1v) is 7.71. The first-order valence-electron chi connectivity index (χ1n) is 6.96. The predicted octanol–water partition coefficient (Wildman–Crippen LogP) is 5.29. The number of benzene rings is 1. The molecule has 0 amide bonds. The lowest BCUT2D eigenvalue weighted by Gasteiger charge is -1.95. The van der Waals surface area contributed by atoms with Gasteiger partial charge in [0.1, 0.15) is 5.02 Å². The van der Waals surface area contributed by atoms with E-state index in [1.54, 1.807) is 5.57 Å². The fraction of sp³-hybridized carbons (Fsp3) is 0.176. The molecule has 0 unspecified atom stereocenters. The first kappa shape index (κ1) is 15.8. The second kappa shape index (κ2) is 5.87. The van der Waals surface area contributed by atoms with Crippen molar-refractivity contribution >= 4 is 45.9 Å². The second-order valence-corrected chi connectivity index (χ2v) is 6.06. The molecule has 23 heavy (non-hydrogen) atoms. The number of Topliss-reactive ketones (excluding diaryl/α,β-unsaturated/α-hetero) is 1. The number of hydrogen-bond acceptors (Lipinski definition) is 3. The van der Waals surface area contributed by atoms with Gasteiger partial charge in [-0.3, -0.25) is 4.79 Å². The molecule has 1 N–H and O–H groups in total. The van der Waals surface area contributed by atoms with E-state index in [4.69, 9.17) is 32.7 Å². The van der Waals surface area contributed by atoms with Crippen LogP contribution in [0.1, 0.15) is 40.7 Å². The third-order valence-corrected chi connectivity index (χ3v) is 4.48. The molecule has 0 aliphatic heterocycles. The topological polar surface area (TPSA) is 67.5 Å². The lowest BCUT2D eigenvalue weighted by atomic mass is 10.1. The van der Waals surface area contributed by atoms with Gasteiger partial charge in [0, 0.05) is 5.39 Å². The highest BCUT2D eigenvalue weighted by Gasteiger charge is 2.25. The van der Waals surface area contributed by atoms with Gasteiger partial charge in [-0.25, -0.2) is 4.79 Å². The monoisotopic (exact) mass is 350 g/mol. The van der Waals surface area contributed by atoms with Crippen LogP contribution >= 0.6 is 23.2 Å². The Balaban J connectivity index is 0.000000213. The molecule has 1 aromatic carbocycles. The second-order valence-electron chi connectivity index (χ2n) is 5.27. The van der Waals surface area contributed by atoms with Gasteiger partial charge in [0.05, 0.1) is 10.6 Å². The van der Waals surface area contributed by atoms with Crippen LogP contribution in [0.2, 0.25) is 10.0 Å². The molecule has 0 fully saturated rings. The van der Waals surface area contributed by atoms with Crippen molar-refractivity contribution in [2.24, 2.45) is 0 Å². The SMILES string of the molecule is C1=C2C=C2CC1.CC(=O)c1c(C(=O)O)oc2c(Cl)c(Cl)ccc12. The Bertz CT molecular complexity index is 900. The van der Waals surface area contributed by atoms with Gasteiger partial charge >= 0.3 is 5.97 Å². The number of halogens is 2. The molecule has 0 radical (unpaired) electrons. The number of aromatic carboxylic acids is 1. The maximum absolute atomic E-state index is 11.4. The Morgan fingerprint density at radius 1 is 1.26 bits per heavy atom. The van der Waals surface area contributed by atoms with Crippen molar-refractivity contribution in [1.29, 1.82) is 0 Å². The van der Waals surface area contributed by atoms with Crippen LogP contribution in [0.15, 0.2) is 39.8 Å². The summed E-state index contributed by atoms with van der Waals surface area (Å²) in [4.78, 5) is 22.4. The molecule has 0 atom stereocenters. The van der Waals surface area contributed by atoms with Crippen LogP contribution in [0.4, 0.5) is 0 Å². The standard InChI is InChI=1S/C11H6Cl2O4.C6H6/c1-4(14)7-5-2-3-6(12)8(13)9(5)17-10(7)11(15)16;1-2-5-4-6(5)3-1/h2-3H,1H3,(H,15,16);2,4H,1,3H2. The quantitative estimate of drug-likeness (QED) is 0.747. The molecule has 118 valence electrons. The summed E-state index contributed by atoms with van der Waals surface area (Å²) in [5, 5.41) is 9.64. The van der Waals surface area contributed by atoms with E-state index in [0.29, 0.717) is 5.39 Å². The lowest BCUT2D eigenvalue weighted by molar-refractivity contribution is 0.0660. The Kier molecular flexibility index (Phi) is 4.04. The summed E-state index contributed by atoms with van der Waals surface area (Å²) in [6, 6.07) is 3.00. The fourth-order valence-electron chi connectivity index (χ4n) is 2.55. The van der Waals surface area contributed by atoms with E-state index < -0.39 is 17.5 Å². The van der Waals surface area contributed by atoms with Gasteiger partial charge < -0.3 is 9.52 Å². The third kappa shape index (κ3) is 2.92. The summed E-state index contributed by atoms with van der Waals surface area (Å²) in [6.45, 7) is 1.26. The summed E-state index contributed by atoms with van der Waals surface area (Å²) < 4.78 is 5.10. The van der Waals surface area contributed by atoms with Crippen LogP contribution in [0.3, 0.4) is 0 Å².